The van der Waals surface area contributed by atoms with E-state index in [0.717, 1.165) is 16.9 Å². The van der Waals surface area contributed by atoms with Crippen LogP contribution in [0.3, 0.4) is 0 Å². The van der Waals surface area contributed by atoms with Gasteiger partial charge in [-0.15, -0.1) is 0 Å². The standard InChI is InChI=1S/C20H21N3O4/c1-14(15-8-9-18(26-3)17(10-15)12-25-2)22-23-20(24)13-27-19-7-5-4-6-16(19)11-21/h4-10H,12-13H2,1-3H3,(H,23,24)/b22-14-. The first-order valence-electron chi connectivity index (χ1n) is 8.20. The Labute approximate surface area is 158 Å². The van der Waals surface area contributed by atoms with Crippen LogP contribution in [-0.2, 0) is 16.1 Å². The summed E-state index contributed by atoms with van der Waals surface area (Å²) in [5.41, 5.74) is 5.16. The molecule has 0 spiro atoms. The second-order valence-electron chi connectivity index (χ2n) is 5.59. The molecule has 7 heteroatoms. The van der Waals surface area contributed by atoms with Crippen LogP contribution in [0, 0.1) is 11.3 Å². The molecule has 0 aliphatic carbocycles. The number of hydrazone groups is 1. The van der Waals surface area contributed by atoms with Gasteiger partial charge >= 0.3 is 0 Å². The SMILES string of the molecule is COCc1cc(/C(C)=N\NC(=O)COc2ccccc2C#N)ccc1OC. The molecular formula is C20H21N3O4. The highest BCUT2D eigenvalue weighted by atomic mass is 16.5. The van der Waals surface area contributed by atoms with Gasteiger partial charge in [0.1, 0.15) is 17.6 Å². The van der Waals surface area contributed by atoms with E-state index >= 15 is 0 Å². The Hall–Kier alpha value is -3.37. The maximum absolute atomic E-state index is 12.0. The van der Waals surface area contributed by atoms with Crippen molar-refractivity contribution >= 4 is 11.6 Å². The molecule has 0 aliphatic rings. The number of hydrogen-bond donors (Lipinski definition) is 1. The summed E-state index contributed by atoms with van der Waals surface area (Å²) >= 11 is 0. The van der Waals surface area contributed by atoms with Crippen molar-refractivity contribution < 1.29 is 19.0 Å². The number of nitrogens with one attached hydrogen (secondary N) is 1. The fraction of sp³-hybridized carbons (Fsp3) is 0.250. The van der Waals surface area contributed by atoms with Crippen molar-refractivity contribution in [3.8, 4) is 17.6 Å². The largest absolute Gasteiger partial charge is 0.496 e. The zero-order valence-electron chi connectivity index (χ0n) is 15.5. The van der Waals surface area contributed by atoms with Gasteiger partial charge in [0.2, 0.25) is 0 Å². The lowest BCUT2D eigenvalue weighted by Gasteiger charge is -2.10. The van der Waals surface area contributed by atoms with Crippen LogP contribution >= 0.6 is 0 Å². The fourth-order valence-electron chi connectivity index (χ4n) is 2.34. The number of benzene rings is 2. The number of carbonyl (C=O) groups excluding carboxylic acids is 1. The third-order valence-electron chi connectivity index (χ3n) is 3.71. The van der Waals surface area contributed by atoms with Gasteiger partial charge in [-0.2, -0.15) is 10.4 Å². The van der Waals surface area contributed by atoms with Gasteiger partial charge in [0.25, 0.3) is 5.91 Å². The topological polar surface area (TPSA) is 92.9 Å². The number of carbonyl (C=O) groups is 1. The van der Waals surface area contributed by atoms with Crippen LogP contribution in [0.1, 0.15) is 23.6 Å². The van der Waals surface area contributed by atoms with Gasteiger partial charge in [-0.25, -0.2) is 5.43 Å². The van der Waals surface area contributed by atoms with Crippen molar-refractivity contribution in [1.29, 1.82) is 5.26 Å². The quantitative estimate of drug-likeness (QED) is 0.572. The molecule has 2 aromatic carbocycles. The summed E-state index contributed by atoms with van der Waals surface area (Å²) in [6.07, 6.45) is 0. The van der Waals surface area contributed by atoms with Gasteiger partial charge in [-0.3, -0.25) is 4.79 Å². The van der Waals surface area contributed by atoms with E-state index in [2.05, 4.69) is 10.5 Å². The normalized spacial score (nSPS) is 10.8. The van der Waals surface area contributed by atoms with Crippen molar-refractivity contribution in [2.45, 2.75) is 13.5 Å². The maximum atomic E-state index is 12.0. The molecule has 1 amide bonds. The van der Waals surface area contributed by atoms with Crippen molar-refractivity contribution in [3.05, 3.63) is 59.2 Å². The van der Waals surface area contributed by atoms with Gasteiger partial charge in [0.05, 0.1) is 25.0 Å². The van der Waals surface area contributed by atoms with Crippen LogP contribution < -0.4 is 14.9 Å². The molecule has 7 nitrogen and oxygen atoms in total. The lowest BCUT2D eigenvalue weighted by atomic mass is 10.1. The molecule has 2 aromatic rings. The molecule has 0 heterocycles. The summed E-state index contributed by atoms with van der Waals surface area (Å²) in [6.45, 7) is 1.94. The van der Waals surface area contributed by atoms with Crippen molar-refractivity contribution in [1.82, 2.24) is 5.43 Å². The van der Waals surface area contributed by atoms with Crippen molar-refractivity contribution in [2.24, 2.45) is 5.10 Å². The number of rotatable bonds is 8. The molecule has 0 atom stereocenters. The third kappa shape index (κ3) is 5.56. The van der Waals surface area contributed by atoms with E-state index in [1.54, 1.807) is 45.4 Å². The second kappa shape index (κ2) is 9.94. The monoisotopic (exact) mass is 367 g/mol. The smallest absolute Gasteiger partial charge is 0.277 e. The average molecular weight is 367 g/mol. The first kappa shape index (κ1) is 19.9. The minimum absolute atomic E-state index is 0.243. The molecule has 0 aromatic heterocycles. The molecule has 1 N–H and O–H groups in total. The first-order chi connectivity index (χ1) is 13.1. The van der Waals surface area contributed by atoms with Crippen LogP contribution in [0.25, 0.3) is 0 Å². The van der Waals surface area contributed by atoms with Gasteiger partial charge < -0.3 is 14.2 Å². The minimum Gasteiger partial charge on any atom is -0.496 e. The first-order valence-corrected chi connectivity index (χ1v) is 8.20. The number of nitrogens with zero attached hydrogens (tertiary/aromatic N) is 2. The molecule has 0 saturated heterocycles. The second-order valence-corrected chi connectivity index (χ2v) is 5.59. The van der Waals surface area contributed by atoms with E-state index in [1.165, 1.54) is 0 Å². The van der Waals surface area contributed by atoms with Crippen molar-refractivity contribution in [3.63, 3.8) is 0 Å². The minimum atomic E-state index is -0.423. The van der Waals surface area contributed by atoms with Crippen LogP contribution in [-0.4, -0.2) is 32.4 Å². The molecule has 0 radical (unpaired) electrons. The Morgan fingerprint density at radius 1 is 1.19 bits per heavy atom. The van der Waals surface area contributed by atoms with Crippen LogP contribution in [0.15, 0.2) is 47.6 Å². The number of amides is 1. The summed E-state index contributed by atoms with van der Waals surface area (Å²) in [6, 6.07) is 14.3. The number of ether oxygens (including phenoxy) is 3. The van der Waals surface area contributed by atoms with Crippen molar-refractivity contribution in [2.75, 3.05) is 20.8 Å². The summed E-state index contributed by atoms with van der Waals surface area (Å²) in [7, 11) is 3.21. The number of nitriles is 1. The van der Waals surface area contributed by atoms with E-state index in [9.17, 15) is 4.79 Å². The Morgan fingerprint density at radius 3 is 2.67 bits per heavy atom. The predicted octanol–water partition coefficient (Wildman–Crippen LogP) is 2.63. The zero-order valence-corrected chi connectivity index (χ0v) is 15.5. The highest BCUT2D eigenvalue weighted by Crippen LogP contribution is 2.21. The number of hydrogen-bond acceptors (Lipinski definition) is 6. The van der Waals surface area contributed by atoms with Crippen LogP contribution in [0.2, 0.25) is 0 Å². The van der Waals surface area contributed by atoms with Crippen LogP contribution in [0.4, 0.5) is 0 Å². The third-order valence-corrected chi connectivity index (χ3v) is 3.71. The lowest BCUT2D eigenvalue weighted by molar-refractivity contribution is -0.123. The highest BCUT2D eigenvalue weighted by Gasteiger charge is 2.08. The molecule has 0 unspecified atom stereocenters. The summed E-state index contributed by atoms with van der Waals surface area (Å²) in [5.74, 6) is 0.657. The van der Waals surface area contributed by atoms with Gasteiger partial charge in [-0.05, 0) is 42.8 Å². The Morgan fingerprint density at radius 2 is 1.96 bits per heavy atom. The lowest BCUT2D eigenvalue weighted by Crippen LogP contribution is -2.25. The Balaban J connectivity index is 1.99. The fourth-order valence-corrected chi connectivity index (χ4v) is 2.34. The molecule has 0 fully saturated rings. The van der Waals surface area contributed by atoms with E-state index < -0.39 is 5.91 Å². The van der Waals surface area contributed by atoms with Gasteiger partial charge in [0, 0.05) is 12.7 Å². The summed E-state index contributed by atoms with van der Waals surface area (Å²) in [5, 5.41) is 13.1. The van der Waals surface area contributed by atoms with E-state index in [4.69, 9.17) is 19.5 Å². The van der Waals surface area contributed by atoms with E-state index in [-0.39, 0.29) is 6.61 Å². The predicted molar refractivity (Wildman–Crippen MR) is 101 cm³/mol. The summed E-state index contributed by atoms with van der Waals surface area (Å²) in [4.78, 5) is 12.0. The van der Waals surface area contributed by atoms with Crippen LogP contribution in [0.5, 0.6) is 11.5 Å². The maximum Gasteiger partial charge on any atom is 0.277 e. The molecule has 2 rings (SSSR count). The molecular weight excluding hydrogens is 346 g/mol. The molecule has 0 bridgehead atoms. The molecule has 0 saturated carbocycles. The Kier molecular flexibility index (Phi) is 7.35. The zero-order chi connectivity index (χ0) is 19.6. The van der Waals surface area contributed by atoms with Gasteiger partial charge in [0.15, 0.2) is 6.61 Å². The molecule has 27 heavy (non-hydrogen) atoms. The van der Waals surface area contributed by atoms with Gasteiger partial charge in [-0.1, -0.05) is 12.1 Å². The van der Waals surface area contributed by atoms with E-state index in [1.807, 2.05) is 24.3 Å². The number of para-hydroxylation sites is 1. The molecule has 140 valence electrons. The Bertz CT molecular complexity index is 872. The average Bonchev–Trinajstić information content (AvgIpc) is 2.70. The highest BCUT2D eigenvalue weighted by molar-refractivity contribution is 5.99. The number of methoxy groups -OCH3 is 2. The summed E-state index contributed by atoms with van der Waals surface area (Å²) < 4.78 is 15.8. The van der Waals surface area contributed by atoms with E-state index in [0.29, 0.717) is 23.6 Å². The molecule has 0 aliphatic heterocycles.